The Kier molecular flexibility index (Phi) is 5.99. The quantitative estimate of drug-likeness (QED) is 0.867. The standard InChI is InChI=1S/C17H29N3/c1-3-20(13-16-6-4-5-11-19-16)17(12-18)15-9-7-14(2)8-10-15/h4-6,11,14-15,17H,3,7-10,12-13,18H2,1-2H3. The minimum absolute atomic E-state index is 0.509. The van der Waals surface area contributed by atoms with E-state index in [4.69, 9.17) is 5.73 Å². The van der Waals surface area contributed by atoms with Gasteiger partial charge in [0.15, 0.2) is 0 Å². The lowest BCUT2D eigenvalue weighted by Crippen LogP contribution is -2.46. The van der Waals surface area contributed by atoms with Crippen molar-refractivity contribution in [1.82, 2.24) is 9.88 Å². The zero-order chi connectivity index (χ0) is 14.4. The van der Waals surface area contributed by atoms with Crippen molar-refractivity contribution >= 4 is 0 Å². The topological polar surface area (TPSA) is 42.2 Å². The number of hydrogen-bond acceptors (Lipinski definition) is 3. The fourth-order valence-corrected chi connectivity index (χ4v) is 3.47. The van der Waals surface area contributed by atoms with Gasteiger partial charge in [-0.1, -0.05) is 32.8 Å². The number of nitrogens with zero attached hydrogens (tertiary/aromatic N) is 2. The van der Waals surface area contributed by atoms with Gasteiger partial charge in [-0.25, -0.2) is 0 Å². The molecule has 1 saturated carbocycles. The van der Waals surface area contributed by atoms with Crippen molar-refractivity contribution in [3.05, 3.63) is 30.1 Å². The molecule has 0 aromatic carbocycles. The smallest absolute Gasteiger partial charge is 0.0544 e. The van der Waals surface area contributed by atoms with Crippen LogP contribution in [0, 0.1) is 11.8 Å². The van der Waals surface area contributed by atoms with Gasteiger partial charge in [0.05, 0.1) is 5.69 Å². The SMILES string of the molecule is CCN(Cc1ccccn1)C(CN)C1CCC(C)CC1. The molecule has 1 unspecified atom stereocenters. The highest BCUT2D eigenvalue weighted by molar-refractivity contribution is 5.03. The van der Waals surface area contributed by atoms with Crippen molar-refractivity contribution < 1.29 is 0 Å². The van der Waals surface area contributed by atoms with Crippen LogP contribution >= 0.6 is 0 Å². The lowest BCUT2D eigenvalue weighted by atomic mass is 9.78. The lowest BCUT2D eigenvalue weighted by molar-refractivity contribution is 0.109. The van der Waals surface area contributed by atoms with Gasteiger partial charge in [-0.15, -0.1) is 0 Å². The summed E-state index contributed by atoms with van der Waals surface area (Å²) in [7, 11) is 0. The minimum atomic E-state index is 0.509. The first-order chi connectivity index (χ1) is 9.74. The summed E-state index contributed by atoms with van der Waals surface area (Å²) in [5.41, 5.74) is 7.26. The Morgan fingerprint density at radius 1 is 1.30 bits per heavy atom. The Hall–Kier alpha value is -0.930. The zero-order valence-electron chi connectivity index (χ0n) is 13.0. The van der Waals surface area contributed by atoms with Gasteiger partial charge in [-0.3, -0.25) is 9.88 Å². The van der Waals surface area contributed by atoms with E-state index in [9.17, 15) is 0 Å². The number of pyridine rings is 1. The summed E-state index contributed by atoms with van der Waals surface area (Å²) in [5.74, 6) is 1.66. The monoisotopic (exact) mass is 275 g/mol. The Morgan fingerprint density at radius 2 is 2.05 bits per heavy atom. The molecule has 1 aliphatic carbocycles. The van der Waals surface area contributed by atoms with Gasteiger partial charge in [0.2, 0.25) is 0 Å². The molecule has 112 valence electrons. The van der Waals surface area contributed by atoms with Crippen molar-refractivity contribution in [2.45, 2.75) is 52.1 Å². The van der Waals surface area contributed by atoms with Gasteiger partial charge in [0, 0.05) is 25.3 Å². The highest BCUT2D eigenvalue weighted by Crippen LogP contribution is 2.32. The van der Waals surface area contributed by atoms with E-state index >= 15 is 0 Å². The fourth-order valence-electron chi connectivity index (χ4n) is 3.47. The van der Waals surface area contributed by atoms with Crippen LogP contribution in [0.4, 0.5) is 0 Å². The molecular weight excluding hydrogens is 246 g/mol. The van der Waals surface area contributed by atoms with Gasteiger partial charge in [-0.2, -0.15) is 0 Å². The van der Waals surface area contributed by atoms with Gasteiger partial charge in [0.1, 0.15) is 0 Å². The van der Waals surface area contributed by atoms with E-state index in [1.807, 2.05) is 12.3 Å². The first-order valence-corrected chi connectivity index (χ1v) is 8.08. The average molecular weight is 275 g/mol. The molecular formula is C17H29N3. The Labute approximate surface area is 123 Å². The van der Waals surface area contributed by atoms with Crippen LogP contribution in [0.2, 0.25) is 0 Å². The highest BCUT2D eigenvalue weighted by atomic mass is 15.2. The van der Waals surface area contributed by atoms with Crippen LogP contribution < -0.4 is 5.73 Å². The number of likely N-dealkylation sites (N-methyl/N-ethyl adjacent to an activating group) is 1. The molecule has 0 bridgehead atoms. The normalized spacial score (nSPS) is 24.8. The summed E-state index contributed by atoms with van der Waals surface area (Å²) in [6, 6.07) is 6.66. The van der Waals surface area contributed by atoms with E-state index < -0.39 is 0 Å². The molecule has 1 atom stereocenters. The maximum Gasteiger partial charge on any atom is 0.0544 e. The average Bonchev–Trinajstić information content (AvgIpc) is 2.49. The molecule has 1 fully saturated rings. The third-order valence-electron chi connectivity index (χ3n) is 4.81. The molecule has 1 aromatic heterocycles. The predicted octanol–water partition coefficient (Wildman–Crippen LogP) is 3.06. The Balaban J connectivity index is 2.00. The molecule has 1 heterocycles. The second-order valence-corrected chi connectivity index (χ2v) is 6.21. The molecule has 20 heavy (non-hydrogen) atoms. The van der Waals surface area contributed by atoms with E-state index in [2.05, 4.69) is 35.9 Å². The molecule has 3 heteroatoms. The maximum absolute atomic E-state index is 6.11. The fraction of sp³-hybridized carbons (Fsp3) is 0.706. The van der Waals surface area contributed by atoms with Crippen LogP contribution in [0.25, 0.3) is 0 Å². The maximum atomic E-state index is 6.11. The van der Waals surface area contributed by atoms with Crippen molar-refractivity contribution in [3.63, 3.8) is 0 Å². The second-order valence-electron chi connectivity index (χ2n) is 6.21. The largest absolute Gasteiger partial charge is 0.329 e. The Bertz CT molecular complexity index is 371. The highest BCUT2D eigenvalue weighted by Gasteiger charge is 2.28. The number of rotatable bonds is 6. The third-order valence-corrected chi connectivity index (χ3v) is 4.81. The zero-order valence-corrected chi connectivity index (χ0v) is 13.0. The van der Waals surface area contributed by atoms with Gasteiger partial charge in [-0.05, 0) is 43.4 Å². The van der Waals surface area contributed by atoms with Crippen LogP contribution in [0.1, 0.15) is 45.2 Å². The van der Waals surface area contributed by atoms with E-state index in [1.54, 1.807) is 0 Å². The summed E-state index contributed by atoms with van der Waals surface area (Å²) >= 11 is 0. The molecule has 0 spiro atoms. The van der Waals surface area contributed by atoms with Crippen LogP contribution in [0.15, 0.2) is 24.4 Å². The summed E-state index contributed by atoms with van der Waals surface area (Å²) in [6.07, 6.45) is 7.27. The van der Waals surface area contributed by atoms with Crippen LogP contribution in [-0.4, -0.2) is 29.0 Å². The molecule has 0 amide bonds. The first-order valence-electron chi connectivity index (χ1n) is 8.08. The van der Waals surface area contributed by atoms with Gasteiger partial charge < -0.3 is 5.73 Å². The summed E-state index contributed by atoms with van der Waals surface area (Å²) < 4.78 is 0. The number of hydrogen-bond donors (Lipinski definition) is 1. The summed E-state index contributed by atoms with van der Waals surface area (Å²) in [4.78, 5) is 6.97. The minimum Gasteiger partial charge on any atom is -0.329 e. The van der Waals surface area contributed by atoms with Crippen LogP contribution in [0.5, 0.6) is 0 Å². The summed E-state index contributed by atoms with van der Waals surface area (Å²) in [6.45, 7) is 7.34. The summed E-state index contributed by atoms with van der Waals surface area (Å²) in [5, 5.41) is 0. The van der Waals surface area contributed by atoms with Crippen molar-refractivity contribution in [1.29, 1.82) is 0 Å². The molecule has 1 aromatic rings. The second kappa shape index (κ2) is 7.75. The number of nitrogens with two attached hydrogens (primary N) is 1. The van der Waals surface area contributed by atoms with Crippen LogP contribution in [0.3, 0.4) is 0 Å². The van der Waals surface area contributed by atoms with E-state index in [0.717, 1.165) is 37.2 Å². The van der Waals surface area contributed by atoms with E-state index in [1.165, 1.54) is 25.7 Å². The third kappa shape index (κ3) is 4.03. The van der Waals surface area contributed by atoms with Crippen molar-refractivity contribution in [2.24, 2.45) is 17.6 Å². The van der Waals surface area contributed by atoms with Crippen LogP contribution in [-0.2, 0) is 6.54 Å². The molecule has 2 rings (SSSR count). The Morgan fingerprint density at radius 3 is 2.60 bits per heavy atom. The van der Waals surface area contributed by atoms with Crippen molar-refractivity contribution in [3.8, 4) is 0 Å². The molecule has 0 saturated heterocycles. The lowest BCUT2D eigenvalue weighted by Gasteiger charge is -2.38. The van der Waals surface area contributed by atoms with Gasteiger partial charge in [0.25, 0.3) is 0 Å². The number of aromatic nitrogens is 1. The first kappa shape index (κ1) is 15.5. The molecule has 0 radical (unpaired) electrons. The van der Waals surface area contributed by atoms with Crippen molar-refractivity contribution in [2.75, 3.05) is 13.1 Å². The van der Waals surface area contributed by atoms with E-state index in [0.29, 0.717) is 6.04 Å². The molecule has 0 aliphatic heterocycles. The molecule has 2 N–H and O–H groups in total. The molecule has 1 aliphatic rings. The van der Waals surface area contributed by atoms with E-state index in [-0.39, 0.29) is 0 Å². The molecule has 3 nitrogen and oxygen atoms in total. The predicted molar refractivity (Wildman–Crippen MR) is 84.3 cm³/mol. The van der Waals surface area contributed by atoms with Gasteiger partial charge >= 0.3 is 0 Å².